The zero-order valence-electron chi connectivity index (χ0n) is 11.2. The number of rotatable bonds is 3. The van der Waals surface area contributed by atoms with Crippen LogP contribution in [0.5, 0.6) is 0 Å². The molecule has 1 aromatic carbocycles. The highest BCUT2D eigenvalue weighted by Gasteiger charge is 2.36. The van der Waals surface area contributed by atoms with Crippen LogP contribution in [0.1, 0.15) is 5.56 Å². The number of amides is 1. The summed E-state index contributed by atoms with van der Waals surface area (Å²) in [6, 6.07) is 1.19. The number of nitro benzene ring substituents is 1. The molecule has 0 saturated carbocycles. The highest BCUT2D eigenvalue weighted by Crippen LogP contribution is 2.37. The Labute approximate surface area is 122 Å². The highest BCUT2D eigenvalue weighted by molar-refractivity contribution is 5.85. The first-order valence-corrected chi connectivity index (χ1v) is 6.21. The lowest BCUT2D eigenvalue weighted by Gasteiger charge is -2.35. The topological polar surface area (TPSA) is 98.7 Å². The molecule has 22 heavy (non-hydrogen) atoms. The van der Waals surface area contributed by atoms with Crippen LogP contribution >= 0.6 is 0 Å². The number of benzene rings is 1. The van der Waals surface area contributed by atoms with Gasteiger partial charge >= 0.3 is 6.18 Å². The predicted octanol–water partition coefficient (Wildman–Crippen LogP) is 1.30. The van der Waals surface area contributed by atoms with Gasteiger partial charge in [0.05, 0.1) is 23.7 Å². The van der Waals surface area contributed by atoms with Crippen LogP contribution in [0.25, 0.3) is 0 Å². The number of hydrogen-bond donors (Lipinski definition) is 1. The van der Waals surface area contributed by atoms with Gasteiger partial charge in [0.1, 0.15) is 11.7 Å². The molecule has 10 heteroatoms. The Hall–Kier alpha value is -2.36. The molecule has 0 bridgehead atoms. The molecular weight excluding hydrogens is 307 g/mol. The number of nitrogens with two attached hydrogens (primary N) is 1. The summed E-state index contributed by atoms with van der Waals surface area (Å²) in [5, 5.41) is 11.1. The number of nitrogens with zero attached hydrogens (tertiary/aromatic N) is 2. The van der Waals surface area contributed by atoms with Crippen molar-refractivity contribution in [1.29, 1.82) is 0 Å². The van der Waals surface area contributed by atoms with Crippen molar-refractivity contribution in [3.63, 3.8) is 0 Å². The van der Waals surface area contributed by atoms with Crippen molar-refractivity contribution in [2.24, 2.45) is 5.73 Å². The maximum absolute atomic E-state index is 12.7. The Morgan fingerprint density at radius 3 is 2.68 bits per heavy atom. The zero-order chi connectivity index (χ0) is 16.5. The first kappa shape index (κ1) is 16.0. The predicted molar refractivity (Wildman–Crippen MR) is 69.2 cm³/mol. The van der Waals surface area contributed by atoms with E-state index in [1.807, 2.05) is 0 Å². The number of carbonyl (C=O) groups is 1. The molecular formula is C12H12F3N3O4. The van der Waals surface area contributed by atoms with E-state index in [4.69, 9.17) is 10.5 Å². The molecule has 0 radical (unpaired) electrons. The molecule has 1 aliphatic heterocycles. The monoisotopic (exact) mass is 319 g/mol. The van der Waals surface area contributed by atoms with E-state index in [2.05, 4.69) is 0 Å². The van der Waals surface area contributed by atoms with Crippen LogP contribution in [-0.2, 0) is 15.7 Å². The van der Waals surface area contributed by atoms with Crippen LogP contribution in [0.4, 0.5) is 24.5 Å². The minimum absolute atomic E-state index is 0.0759. The smallest absolute Gasteiger partial charge is 0.377 e. The number of nitro groups is 1. The average molecular weight is 319 g/mol. The number of morpholine rings is 1. The Morgan fingerprint density at radius 2 is 2.14 bits per heavy atom. The third kappa shape index (κ3) is 3.11. The van der Waals surface area contributed by atoms with E-state index in [0.29, 0.717) is 6.07 Å². The molecule has 1 saturated heterocycles. The van der Waals surface area contributed by atoms with Crippen LogP contribution in [0, 0.1) is 10.1 Å². The van der Waals surface area contributed by atoms with E-state index in [0.717, 1.165) is 12.1 Å². The van der Waals surface area contributed by atoms with E-state index in [1.165, 1.54) is 4.90 Å². The Balaban J connectivity index is 2.49. The number of halogens is 3. The molecule has 1 heterocycles. The van der Waals surface area contributed by atoms with Crippen molar-refractivity contribution in [3.8, 4) is 0 Å². The van der Waals surface area contributed by atoms with E-state index in [1.54, 1.807) is 0 Å². The lowest BCUT2D eigenvalue weighted by atomic mass is 10.1. The van der Waals surface area contributed by atoms with Crippen LogP contribution in [0.15, 0.2) is 18.2 Å². The third-order valence-corrected chi connectivity index (χ3v) is 3.27. The van der Waals surface area contributed by atoms with Crippen LogP contribution in [0.3, 0.4) is 0 Å². The molecule has 1 aromatic rings. The van der Waals surface area contributed by atoms with Crippen LogP contribution in [0.2, 0.25) is 0 Å². The maximum Gasteiger partial charge on any atom is 0.416 e. The van der Waals surface area contributed by atoms with Gasteiger partial charge in [-0.3, -0.25) is 14.9 Å². The Bertz CT molecular complexity index is 606. The van der Waals surface area contributed by atoms with Crippen molar-refractivity contribution in [2.75, 3.05) is 24.7 Å². The van der Waals surface area contributed by atoms with Gasteiger partial charge in [0.15, 0.2) is 0 Å². The van der Waals surface area contributed by atoms with Gasteiger partial charge in [-0.2, -0.15) is 13.2 Å². The van der Waals surface area contributed by atoms with Gasteiger partial charge in [-0.05, 0) is 12.1 Å². The Morgan fingerprint density at radius 1 is 1.45 bits per heavy atom. The van der Waals surface area contributed by atoms with Crippen molar-refractivity contribution in [2.45, 2.75) is 12.2 Å². The molecule has 7 nitrogen and oxygen atoms in total. The van der Waals surface area contributed by atoms with Crippen molar-refractivity contribution >= 4 is 17.3 Å². The average Bonchev–Trinajstić information content (AvgIpc) is 2.45. The molecule has 2 N–H and O–H groups in total. The first-order chi connectivity index (χ1) is 10.2. The summed E-state index contributed by atoms with van der Waals surface area (Å²) >= 11 is 0. The molecule has 0 spiro atoms. The van der Waals surface area contributed by atoms with Crippen molar-refractivity contribution < 1.29 is 27.6 Å². The normalized spacial score (nSPS) is 19.0. The molecule has 0 aromatic heterocycles. The number of hydrogen-bond acceptors (Lipinski definition) is 5. The zero-order valence-corrected chi connectivity index (χ0v) is 11.2. The summed E-state index contributed by atoms with van der Waals surface area (Å²) in [6.07, 6.45) is -4.70. The number of carbonyl (C=O) groups excluding carboxylic acids is 1. The fourth-order valence-corrected chi connectivity index (χ4v) is 2.22. The molecule has 2 rings (SSSR count). The lowest BCUT2D eigenvalue weighted by Crippen LogP contribution is -2.52. The van der Waals surface area contributed by atoms with Gasteiger partial charge in [-0.15, -0.1) is 0 Å². The second-order valence-corrected chi connectivity index (χ2v) is 4.64. The number of ether oxygens (including phenoxy) is 1. The van der Waals surface area contributed by atoms with E-state index in [9.17, 15) is 28.1 Å². The van der Waals surface area contributed by atoms with Gasteiger partial charge in [0, 0.05) is 12.6 Å². The lowest BCUT2D eigenvalue weighted by molar-refractivity contribution is -0.384. The number of alkyl halides is 3. The van der Waals surface area contributed by atoms with Gasteiger partial charge in [0.2, 0.25) is 5.91 Å². The third-order valence-electron chi connectivity index (χ3n) is 3.27. The van der Waals surface area contributed by atoms with Crippen LogP contribution in [-0.4, -0.2) is 36.6 Å². The number of primary amides is 1. The molecule has 1 amide bonds. The SMILES string of the molecule is NC(=O)[C@H]1COCCN1c1ccc(C(F)(F)F)cc1[N+](=O)[O-]. The molecule has 1 fully saturated rings. The summed E-state index contributed by atoms with van der Waals surface area (Å²) in [4.78, 5) is 22.9. The molecule has 0 unspecified atom stereocenters. The van der Waals surface area contributed by atoms with E-state index < -0.39 is 34.3 Å². The fourth-order valence-electron chi connectivity index (χ4n) is 2.22. The first-order valence-electron chi connectivity index (χ1n) is 6.21. The van der Waals surface area contributed by atoms with Gasteiger partial charge < -0.3 is 15.4 Å². The van der Waals surface area contributed by atoms with Crippen molar-refractivity contribution in [3.05, 3.63) is 33.9 Å². The minimum Gasteiger partial charge on any atom is -0.377 e. The maximum atomic E-state index is 12.7. The number of anilines is 1. The van der Waals surface area contributed by atoms with Gasteiger partial charge in [-0.25, -0.2) is 0 Å². The van der Waals surface area contributed by atoms with E-state index in [-0.39, 0.29) is 25.4 Å². The molecule has 1 aliphatic rings. The fraction of sp³-hybridized carbons (Fsp3) is 0.417. The summed E-state index contributed by atoms with van der Waals surface area (Å²) in [7, 11) is 0. The van der Waals surface area contributed by atoms with E-state index >= 15 is 0 Å². The molecule has 0 aliphatic carbocycles. The Kier molecular flexibility index (Phi) is 4.22. The van der Waals surface area contributed by atoms with Crippen LogP contribution < -0.4 is 10.6 Å². The van der Waals surface area contributed by atoms with Gasteiger partial charge in [-0.1, -0.05) is 0 Å². The quantitative estimate of drug-likeness (QED) is 0.669. The summed E-state index contributed by atoms with van der Waals surface area (Å²) < 4.78 is 43.1. The standard InChI is InChI=1S/C12H12F3N3O4/c13-12(14,15)7-1-2-8(9(5-7)18(20)21)17-3-4-22-6-10(17)11(16)19/h1-2,5,10H,3-4,6H2,(H2,16,19)/t10-/m1/s1. The highest BCUT2D eigenvalue weighted by atomic mass is 19.4. The second-order valence-electron chi connectivity index (χ2n) is 4.64. The molecule has 1 atom stereocenters. The summed E-state index contributed by atoms with van der Waals surface area (Å²) in [5.74, 6) is -0.770. The largest absolute Gasteiger partial charge is 0.416 e. The minimum atomic E-state index is -4.70. The molecule has 120 valence electrons. The second kappa shape index (κ2) is 5.79. The van der Waals surface area contributed by atoms with Crippen molar-refractivity contribution in [1.82, 2.24) is 0 Å². The summed E-state index contributed by atoms with van der Waals surface area (Å²) in [6.45, 7) is 0.218. The summed E-state index contributed by atoms with van der Waals surface area (Å²) in [5.41, 5.74) is 3.25. The van der Waals surface area contributed by atoms with Gasteiger partial charge in [0.25, 0.3) is 5.69 Å².